The van der Waals surface area contributed by atoms with Gasteiger partial charge in [0.1, 0.15) is 5.75 Å². The van der Waals surface area contributed by atoms with Crippen LogP contribution in [0.2, 0.25) is 0 Å². The molecule has 0 fully saturated rings. The van der Waals surface area contributed by atoms with Gasteiger partial charge in [0.05, 0.1) is 0 Å². The highest BCUT2D eigenvalue weighted by Crippen LogP contribution is 2.28. The predicted octanol–water partition coefficient (Wildman–Crippen LogP) is 5.66. The number of hydrogen-bond acceptors (Lipinski definition) is 3. The summed E-state index contributed by atoms with van der Waals surface area (Å²) in [6.07, 6.45) is 1.04. The Balaban J connectivity index is 1.55. The van der Waals surface area contributed by atoms with Gasteiger partial charge in [-0.15, -0.1) is 0 Å². The number of nitrogens with one attached hydrogen (secondary N) is 1. The first kappa shape index (κ1) is 24.1. The first-order valence-electron chi connectivity index (χ1n) is 11.2. The second-order valence-corrected chi connectivity index (χ2v) is 8.83. The molecule has 33 heavy (non-hydrogen) atoms. The Morgan fingerprint density at radius 2 is 1.64 bits per heavy atom. The first-order valence-corrected chi connectivity index (χ1v) is 11.2. The van der Waals surface area contributed by atoms with Crippen LogP contribution in [0.4, 0.5) is 5.69 Å². The van der Waals surface area contributed by atoms with Gasteiger partial charge in [0.25, 0.3) is 11.8 Å². The molecule has 172 valence electrons. The second kappa shape index (κ2) is 10.8. The largest absolute Gasteiger partial charge is 0.484 e. The highest BCUT2D eigenvalue weighted by Gasteiger charge is 2.18. The number of benzene rings is 3. The highest BCUT2D eigenvalue weighted by molar-refractivity contribution is 5.97. The maximum atomic E-state index is 12.8. The van der Waals surface area contributed by atoms with Crippen LogP contribution >= 0.6 is 0 Å². The molecule has 0 aliphatic carbocycles. The number of ether oxygens (including phenoxy) is 1. The Morgan fingerprint density at radius 3 is 2.30 bits per heavy atom. The lowest BCUT2D eigenvalue weighted by Crippen LogP contribution is -2.26. The van der Waals surface area contributed by atoms with E-state index < -0.39 is 0 Å². The Bertz CT molecular complexity index is 1080. The van der Waals surface area contributed by atoms with Gasteiger partial charge in [0.2, 0.25) is 0 Å². The minimum atomic E-state index is -0.282. The minimum absolute atomic E-state index is 0.105. The molecule has 0 aliphatic rings. The molecule has 0 saturated heterocycles. The normalized spacial score (nSPS) is 11.0. The van der Waals surface area contributed by atoms with Crippen LogP contribution < -0.4 is 10.1 Å². The van der Waals surface area contributed by atoms with Crippen LogP contribution in [-0.4, -0.2) is 30.4 Å². The highest BCUT2D eigenvalue weighted by atomic mass is 16.5. The van der Waals surface area contributed by atoms with Crippen LogP contribution in [0.25, 0.3) is 0 Å². The van der Waals surface area contributed by atoms with E-state index in [1.54, 1.807) is 36.2 Å². The van der Waals surface area contributed by atoms with Crippen molar-refractivity contribution in [1.29, 1.82) is 0 Å². The van der Waals surface area contributed by atoms with E-state index in [1.807, 2.05) is 54.6 Å². The standard InChI is InChI=1S/C28H32N2O3/c1-5-28(2,3)23-14-16-25(17-15-23)33-20-26(31)29-24-13-9-12-22(18-24)27(32)30(4)19-21-10-7-6-8-11-21/h6-18H,5,19-20H2,1-4H3,(H,29,31). The minimum Gasteiger partial charge on any atom is -0.484 e. The van der Waals surface area contributed by atoms with Crippen molar-refractivity contribution in [2.45, 2.75) is 39.2 Å². The molecule has 5 heteroatoms. The van der Waals surface area contributed by atoms with E-state index in [1.165, 1.54) is 5.56 Å². The number of carbonyl (C=O) groups excluding carboxylic acids is 2. The van der Waals surface area contributed by atoms with E-state index in [0.29, 0.717) is 23.5 Å². The summed E-state index contributed by atoms with van der Waals surface area (Å²) in [7, 11) is 1.77. The van der Waals surface area contributed by atoms with E-state index in [2.05, 4.69) is 26.1 Å². The molecule has 5 nitrogen and oxygen atoms in total. The summed E-state index contributed by atoms with van der Waals surface area (Å²) in [5.41, 5.74) is 3.47. The molecular weight excluding hydrogens is 412 g/mol. The molecule has 0 radical (unpaired) electrons. The van der Waals surface area contributed by atoms with Gasteiger partial charge in [-0.05, 0) is 53.3 Å². The van der Waals surface area contributed by atoms with Crippen molar-refractivity contribution < 1.29 is 14.3 Å². The molecule has 0 bridgehead atoms. The van der Waals surface area contributed by atoms with Crippen LogP contribution in [0, 0.1) is 0 Å². The summed E-state index contributed by atoms with van der Waals surface area (Å²) in [5, 5.41) is 2.81. The Morgan fingerprint density at radius 1 is 0.939 bits per heavy atom. The lowest BCUT2D eigenvalue weighted by molar-refractivity contribution is -0.118. The number of anilines is 1. The molecule has 3 rings (SSSR count). The van der Waals surface area contributed by atoms with Gasteiger partial charge in [-0.25, -0.2) is 0 Å². The number of amides is 2. The predicted molar refractivity (Wildman–Crippen MR) is 133 cm³/mol. The van der Waals surface area contributed by atoms with E-state index >= 15 is 0 Å². The van der Waals surface area contributed by atoms with Crippen LogP contribution in [0.5, 0.6) is 5.75 Å². The van der Waals surface area contributed by atoms with E-state index in [4.69, 9.17) is 4.74 Å². The fourth-order valence-electron chi connectivity index (χ4n) is 3.43. The summed E-state index contributed by atoms with van der Waals surface area (Å²) in [4.78, 5) is 26.8. The van der Waals surface area contributed by atoms with Gasteiger partial charge in [-0.3, -0.25) is 9.59 Å². The number of hydrogen-bond donors (Lipinski definition) is 1. The molecule has 0 heterocycles. The van der Waals surface area contributed by atoms with Gasteiger partial charge in [0, 0.05) is 24.8 Å². The van der Waals surface area contributed by atoms with Crippen molar-refractivity contribution in [3.63, 3.8) is 0 Å². The van der Waals surface area contributed by atoms with Gasteiger partial charge >= 0.3 is 0 Å². The zero-order chi connectivity index (χ0) is 23.8. The summed E-state index contributed by atoms with van der Waals surface area (Å²) in [5.74, 6) is 0.253. The fraction of sp³-hybridized carbons (Fsp3) is 0.286. The van der Waals surface area contributed by atoms with Crippen molar-refractivity contribution in [1.82, 2.24) is 4.90 Å². The monoisotopic (exact) mass is 444 g/mol. The molecule has 2 amide bonds. The molecule has 0 spiro atoms. The second-order valence-electron chi connectivity index (χ2n) is 8.83. The average molecular weight is 445 g/mol. The molecule has 0 atom stereocenters. The third kappa shape index (κ3) is 6.69. The number of nitrogens with zero attached hydrogens (tertiary/aromatic N) is 1. The maximum absolute atomic E-state index is 12.8. The van der Waals surface area contributed by atoms with Crippen LogP contribution in [-0.2, 0) is 16.8 Å². The quantitative estimate of drug-likeness (QED) is 0.463. The zero-order valence-electron chi connectivity index (χ0n) is 19.8. The van der Waals surface area contributed by atoms with Crippen molar-refractivity contribution in [2.75, 3.05) is 19.0 Å². The molecule has 0 unspecified atom stereocenters. The molecule has 3 aromatic carbocycles. The van der Waals surface area contributed by atoms with Crippen molar-refractivity contribution in [3.05, 3.63) is 95.6 Å². The summed E-state index contributed by atoms with van der Waals surface area (Å²) in [6.45, 7) is 6.97. The molecule has 0 aliphatic heterocycles. The zero-order valence-corrected chi connectivity index (χ0v) is 19.8. The van der Waals surface area contributed by atoms with Gasteiger partial charge in [0.15, 0.2) is 6.61 Å². The molecule has 0 saturated carbocycles. The average Bonchev–Trinajstić information content (AvgIpc) is 2.83. The van der Waals surface area contributed by atoms with Crippen molar-refractivity contribution >= 4 is 17.5 Å². The van der Waals surface area contributed by atoms with Crippen LogP contribution in [0.3, 0.4) is 0 Å². The fourth-order valence-corrected chi connectivity index (χ4v) is 3.43. The Hall–Kier alpha value is -3.60. The van der Waals surface area contributed by atoms with E-state index in [0.717, 1.165) is 12.0 Å². The van der Waals surface area contributed by atoms with Gasteiger partial charge in [-0.1, -0.05) is 69.3 Å². The van der Waals surface area contributed by atoms with Crippen LogP contribution in [0.15, 0.2) is 78.9 Å². The van der Waals surface area contributed by atoms with Gasteiger partial charge in [-0.2, -0.15) is 0 Å². The molecule has 3 aromatic rings. The van der Waals surface area contributed by atoms with Crippen LogP contribution in [0.1, 0.15) is 48.7 Å². The topological polar surface area (TPSA) is 58.6 Å². The van der Waals surface area contributed by atoms with E-state index in [9.17, 15) is 9.59 Å². The first-order chi connectivity index (χ1) is 15.8. The number of carbonyl (C=O) groups is 2. The molecule has 1 N–H and O–H groups in total. The number of rotatable bonds is 9. The maximum Gasteiger partial charge on any atom is 0.262 e. The lowest BCUT2D eigenvalue weighted by atomic mass is 9.82. The van der Waals surface area contributed by atoms with Crippen molar-refractivity contribution in [3.8, 4) is 5.75 Å². The summed E-state index contributed by atoms with van der Waals surface area (Å²) >= 11 is 0. The third-order valence-electron chi connectivity index (χ3n) is 5.89. The SMILES string of the molecule is CCC(C)(C)c1ccc(OCC(=O)Nc2cccc(C(=O)N(C)Cc3ccccc3)c2)cc1. The molecular formula is C28H32N2O3. The smallest absolute Gasteiger partial charge is 0.262 e. The molecule has 0 aromatic heterocycles. The Kier molecular flexibility index (Phi) is 7.88. The van der Waals surface area contributed by atoms with Gasteiger partial charge < -0.3 is 15.0 Å². The third-order valence-corrected chi connectivity index (χ3v) is 5.89. The summed E-state index contributed by atoms with van der Waals surface area (Å²) in [6, 6.07) is 24.6. The Labute approximate surface area is 196 Å². The summed E-state index contributed by atoms with van der Waals surface area (Å²) < 4.78 is 5.64. The lowest BCUT2D eigenvalue weighted by Gasteiger charge is -2.23. The van der Waals surface area contributed by atoms with E-state index in [-0.39, 0.29) is 23.8 Å². The van der Waals surface area contributed by atoms with Crippen molar-refractivity contribution in [2.24, 2.45) is 0 Å².